The van der Waals surface area contributed by atoms with E-state index in [1.54, 1.807) is 13.8 Å². The molecule has 0 radical (unpaired) electrons. The Morgan fingerprint density at radius 1 is 1.61 bits per heavy atom. The number of hydrogen-bond acceptors (Lipinski definition) is 6. The molecule has 1 N–H and O–H groups in total. The van der Waals surface area contributed by atoms with Gasteiger partial charge in [0.25, 0.3) is 0 Å². The molecule has 1 aliphatic rings. The SMILES string of the molecule is COC(=O)N1COC(=O)C1COCCC(C)(C)O. The molecule has 0 aliphatic carbocycles. The van der Waals surface area contributed by atoms with Gasteiger partial charge in [0.1, 0.15) is 0 Å². The van der Waals surface area contributed by atoms with Crippen LogP contribution in [0.25, 0.3) is 0 Å². The lowest BCUT2D eigenvalue weighted by atomic mass is 10.1. The fourth-order valence-electron chi connectivity index (χ4n) is 1.42. The number of esters is 1. The quantitative estimate of drug-likeness (QED) is 0.558. The Morgan fingerprint density at radius 3 is 2.83 bits per heavy atom. The van der Waals surface area contributed by atoms with E-state index in [9.17, 15) is 14.7 Å². The summed E-state index contributed by atoms with van der Waals surface area (Å²) in [5, 5.41) is 9.48. The first-order valence-corrected chi connectivity index (χ1v) is 5.66. The Bertz CT molecular complexity index is 311. The van der Waals surface area contributed by atoms with Gasteiger partial charge >= 0.3 is 12.1 Å². The van der Waals surface area contributed by atoms with Crippen LogP contribution in [0.15, 0.2) is 0 Å². The summed E-state index contributed by atoms with van der Waals surface area (Å²) >= 11 is 0. The van der Waals surface area contributed by atoms with E-state index in [4.69, 9.17) is 9.47 Å². The maximum Gasteiger partial charge on any atom is 0.413 e. The van der Waals surface area contributed by atoms with Gasteiger partial charge in [-0.2, -0.15) is 0 Å². The van der Waals surface area contributed by atoms with Gasteiger partial charge in [-0.1, -0.05) is 0 Å². The van der Waals surface area contributed by atoms with Crippen LogP contribution >= 0.6 is 0 Å². The zero-order valence-electron chi connectivity index (χ0n) is 10.8. The van der Waals surface area contributed by atoms with Crippen molar-refractivity contribution in [3.63, 3.8) is 0 Å². The smallest absolute Gasteiger partial charge is 0.413 e. The maximum absolute atomic E-state index is 11.4. The fraction of sp³-hybridized carbons (Fsp3) is 0.818. The fourth-order valence-corrected chi connectivity index (χ4v) is 1.42. The first kappa shape index (κ1) is 14.7. The van der Waals surface area contributed by atoms with Crippen LogP contribution in [0.4, 0.5) is 4.79 Å². The third-order valence-electron chi connectivity index (χ3n) is 2.54. The highest BCUT2D eigenvalue weighted by Gasteiger charge is 2.38. The molecule has 1 unspecified atom stereocenters. The van der Waals surface area contributed by atoms with Crippen LogP contribution in [0, 0.1) is 0 Å². The van der Waals surface area contributed by atoms with Crippen molar-refractivity contribution in [3.05, 3.63) is 0 Å². The summed E-state index contributed by atoms with van der Waals surface area (Å²) in [4.78, 5) is 23.9. The van der Waals surface area contributed by atoms with Crippen LogP contribution in [0.5, 0.6) is 0 Å². The van der Waals surface area contributed by atoms with E-state index in [0.717, 1.165) is 4.90 Å². The lowest BCUT2D eigenvalue weighted by molar-refractivity contribution is -0.140. The average molecular weight is 261 g/mol. The number of ether oxygens (including phenoxy) is 3. The van der Waals surface area contributed by atoms with Crippen molar-refractivity contribution >= 4 is 12.1 Å². The highest BCUT2D eigenvalue weighted by atomic mass is 16.6. The second-order valence-corrected chi connectivity index (χ2v) is 4.69. The van der Waals surface area contributed by atoms with Gasteiger partial charge < -0.3 is 19.3 Å². The number of rotatable bonds is 5. The van der Waals surface area contributed by atoms with E-state index in [-0.39, 0.29) is 13.3 Å². The average Bonchev–Trinajstić information content (AvgIpc) is 2.64. The van der Waals surface area contributed by atoms with E-state index >= 15 is 0 Å². The topological polar surface area (TPSA) is 85.3 Å². The molecule has 0 aromatic rings. The number of aliphatic hydroxyl groups is 1. The summed E-state index contributed by atoms with van der Waals surface area (Å²) in [6, 6.07) is -0.778. The van der Waals surface area contributed by atoms with Gasteiger partial charge in [-0.25, -0.2) is 9.59 Å². The number of carbonyl (C=O) groups excluding carboxylic acids is 2. The Morgan fingerprint density at radius 2 is 2.28 bits per heavy atom. The number of carbonyl (C=O) groups is 2. The van der Waals surface area contributed by atoms with Crippen molar-refractivity contribution in [2.75, 3.05) is 27.1 Å². The summed E-state index contributed by atoms with van der Waals surface area (Å²) in [5.41, 5.74) is -0.821. The van der Waals surface area contributed by atoms with Crippen LogP contribution < -0.4 is 0 Å². The lowest BCUT2D eigenvalue weighted by Gasteiger charge is -2.20. The molecule has 1 aliphatic heterocycles. The molecule has 0 bridgehead atoms. The molecule has 1 rings (SSSR count). The third kappa shape index (κ3) is 4.15. The predicted octanol–water partition coefficient (Wildman–Crippen LogP) is 0.115. The standard InChI is InChI=1S/C11H19NO6/c1-11(2,15)4-5-17-6-8-9(13)18-7-12(8)10(14)16-3/h8,15H,4-7H2,1-3H3. The van der Waals surface area contributed by atoms with Crippen molar-refractivity contribution in [1.82, 2.24) is 4.90 Å². The molecule has 1 saturated heterocycles. The monoisotopic (exact) mass is 261 g/mol. The van der Waals surface area contributed by atoms with Crippen molar-refractivity contribution in [3.8, 4) is 0 Å². The van der Waals surface area contributed by atoms with Crippen LogP contribution in [0.1, 0.15) is 20.3 Å². The molecule has 0 aromatic heterocycles. The van der Waals surface area contributed by atoms with Crippen LogP contribution in [0.2, 0.25) is 0 Å². The predicted molar refractivity (Wildman–Crippen MR) is 60.7 cm³/mol. The minimum atomic E-state index is -0.821. The highest BCUT2D eigenvalue weighted by molar-refractivity contribution is 5.83. The highest BCUT2D eigenvalue weighted by Crippen LogP contribution is 2.14. The summed E-state index contributed by atoms with van der Waals surface area (Å²) < 4.78 is 14.6. The van der Waals surface area contributed by atoms with Gasteiger partial charge in [-0.15, -0.1) is 0 Å². The van der Waals surface area contributed by atoms with Gasteiger partial charge in [0.15, 0.2) is 12.8 Å². The molecular formula is C11H19NO6. The van der Waals surface area contributed by atoms with E-state index in [1.807, 2.05) is 0 Å². The Hall–Kier alpha value is -1.34. The number of cyclic esters (lactones) is 1. The van der Waals surface area contributed by atoms with Crippen molar-refractivity contribution in [2.24, 2.45) is 0 Å². The van der Waals surface area contributed by atoms with Gasteiger partial charge in [0.2, 0.25) is 0 Å². The lowest BCUT2D eigenvalue weighted by Crippen LogP contribution is -2.41. The molecule has 0 saturated carbocycles. The zero-order chi connectivity index (χ0) is 13.8. The molecule has 104 valence electrons. The number of methoxy groups -OCH3 is 1. The normalized spacial score (nSPS) is 19.9. The van der Waals surface area contributed by atoms with Gasteiger partial charge in [0, 0.05) is 6.61 Å². The molecule has 1 atom stereocenters. The summed E-state index contributed by atoms with van der Waals surface area (Å²) in [6.07, 6.45) is -0.190. The van der Waals surface area contributed by atoms with Crippen LogP contribution in [0.3, 0.4) is 0 Å². The van der Waals surface area contributed by atoms with E-state index < -0.39 is 23.7 Å². The van der Waals surface area contributed by atoms with Gasteiger partial charge in [-0.05, 0) is 20.3 Å². The van der Waals surface area contributed by atoms with Crippen molar-refractivity contribution in [2.45, 2.75) is 31.9 Å². The second kappa shape index (κ2) is 6.01. The van der Waals surface area contributed by atoms with Crippen LogP contribution in [-0.4, -0.2) is 60.8 Å². The molecule has 18 heavy (non-hydrogen) atoms. The first-order valence-electron chi connectivity index (χ1n) is 5.66. The minimum Gasteiger partial charge on any atom is -0.453 e. The van der Waals surface area contributed by atoms with E-state index in [1.165, 1.54) is 7.11 Å². The Balaban J connectivity index is 2.39. The Kier molecular flexibility index (Phi) is 4.92. The Labute approximate surface area is 106 Å². The number of amides is 1. The molecular weight excluding hydrogens is 242 g/mol. The molecule has 1 heterocycles. The number of nitrogens with zero attached hydrogens (tertiary/aromatic N) is 1. The van der Waals surface area contributed by atoms with Crippen molar-refractivity contribution in [1.29, 1.82) is 0 Å². The first-order chi connectivity index (χ1) is 8.35. The summed E-state index contributed by atoms with van der Waals surface area (Å²) in [6.45, 7) is 3.54. The van der Waals surface area contributed by atoms with E-state index in [2.05, 4.69) is 4.74 Å². The molecule has 1 amide bonds. The van der Waals surface area contributed by atoms with Crippen molar-refractivity contribution < 1.29 is 28.9 Å². The summed E-state index contributed by atoms with van der Waals surface area (Å²) in [7, 11) is 1.23. The molecule has 7 nitrogen and oxygen atoms in total. The summed E-state index contributed by atoms with van der Waals surface area (Å²) in [5.74, 6) is -0.511. The van der Waals surface area contributed by atoms with Gasteiger partial charge in [0.05, 0.1) is 19.3 Å². The zero-order valence-corrected chi connectivity index (χ0v) is 10.8. The largest absolute Gasteiger partial charge is 0.453 e. The number of hydrogen-bond donors (Lipinski definition) is 1. The maximum atomic E-state index is 11.4. The molecule has 1 fully saturated rings. The van der Waals surface area contributed by atoms with E-state index in [0.29, 0.717) is 13.0 Å². The minimum absolute atomic E-state index is 0.0318. The molecule has 0 aromatic carbocycles. The second-order valence-electron chi connectivity index (χ2n) is 4.69. The third-order valence-corrected chi connectivity index (χ3v) is 2.54. The molecule has 7 heteroatoms. The molecule has 0 spiro atoms. The van der Waals surface area contributed by atoms with Crippen LogP contribution in [-0.2, 0) is 19.0 Å². The van der Waals surface area contributed by atoms with Gasteiger partial charge in [-0.3, -0.25) is 4.90 Å².